The Morgan fingerprint density at radius 2 is 1.71 bits per heavy atom. The maximum absolute atomic E-state index is 13.1. The van der Waals surface area contributed by atoms with Gasteiger partial charge in [-0.25, -0.2) is 4.98 Å². The SMILES string of the molecule is O=C(N[C@H](c1ccccc1)c1ccc2nc[nH]c2c1)c1n[nH]c2ccccc12. The predicted molar refractivity (Wildman–Crippen MR) is 108 cm³/mol. The highest BCUT2D eigenvalue weighted by atomic mass is 16.2. The summed E-state index contributed by atoms with van der Waals surface area (Å²) in [5.74, 6) is -0.226. The molecule has 0 aliphatic carbocycles. The standard InChI is InChI=1S/C22H17N5O/c28-22(21-16-8-4-5-9-17(16)26-27-21)25-20(14-6-2-1-3-7-14)15-10-11-18-19(12-15)24-13-23-18/h1-13,20H,(H,23,24)(H,25,28)(H,26,27)/t20-/m1/s1. The van der Waals surface area contributed by atoms with E-state index < -0.39 is 0 Å². The first-order chi connectivity index (χ1) is 13.8. The zero-order chi connectivity index (χ0) is 18.9. The van der Waals surface area contributed by atoms with Gasteiger partial charge in [-0.2, -0.15) is 5.10 Å². The maximum atomic E-state index is 13.1. The number of amides is 1. The summed E-state index contributed by atoms with van der Waals surface area (Å²) in [6.07, 6.45) is 1.67. The number of nitrogens with one attached hydrogen (secondary N) is 3. The number of benzene rings is 3. The lowest BCUT2D eigenvalue weighted by Crippen LogP contribution is -2.29. The van der Waals surface area contributed by atoms with Crippen LogP contribution in [0.4, 0.5) is 0 Å². The fourth-order valence-corrected chi connectivity index (χ4v) is 3.47. The number of carbonyl (C=O) groups excluding carboxylic acids is 1. The fraction of sp³-hybridized carbons (Fsp3) is 0.0455. The highest BCUT2D eigenvalue weighted by molar-refractivity contribution is 6.04. The third-order valence-corrected chi connectivity index (χ3v) is 4.87. The Morgan fingerprint density at radius 1 is 0.893 bits per heavy atom. The smallest absolute Gasteiger partial charge is 0.273 e. The summed E-state index contributed by atoms with van der Waals surface area (Å²) >= 11 is 0. The van der Waals surface area contributed by atoms with Gasteiger partial charge in [0.05, 0.1) is 28.9 Å². The van der Waals surface area contributed by atoms with Crippen LogP contribution in [-0.4, -0.2) is 26.1 Å². The molecule has 6 heteroatoms. The number of carbonyl (C=O) groups is 1. The number of rotatable bonds is 4. The fourth-order valence-electron chi connectivity index (χ4n) is 3.47. The van der Waals surface area contributed by atoms with Crippen molar-refractivity contribution in [3.8, 4) is 0 Å². The second-order valence-electron chi connectivity index (χ2n) is 6.61. The van der Waals surface area contributed by atoms with Crippen molar-refractivity contribution in [2.75, 3.05) is 0 Å². The van der Waals surface area contributed by atoms with Crippen LogP contribution < -0.4 is 5.32 Å². The summed E-state index contributed by atoms with van der Waals surface area (Å²) in [4.78, 5) is 20.5. The van der Waals surface area contributed by atoms with Crippen LogP contribution >= 0.6 is 0 Å². The summed E-state index contributed by atoms with van der Waals surface area (Å²) in [7, 11) is 0. The van der Waals surface area contributed by atoms with E-state index in [-0.39, 0.29) is 11.9 Å². The van der Waals surface area contributed by atoms with Crippen molar-refractivity contribution < 1.29 is 4.79 Å². The van der Waals surface area contributed by atoms with Crippen molar-refractivity contribution in [2.24, 2.45) is 0 Å². The predicted octanol–water partition coefficient (Wildman–Crippen LogP) is 3.96. The van der Waals surface area contributed by atoms with Gasteiger partial charge >= 0.3 is 0 Å². The Labute approximate surface area is 160 Å². The van der Waals surface area contributed by atoms with E-state index in [4.69, 9.17) is 0 Å². The maximum Gasteiger partial charge on any atom is 0.273 e. The molecule has 0 unspecified atom stereocenters. The number of nitrogens with zero attached hydrogens (tertiary/aromatic N) is 2. The number of hydrogen-bond acceptors (Lipinski definition) is 3. The molecule has 2 heterocycles. The van der Waals surface area contributed by atoms with Gasteiger partial charge in [-0.05, 0) is 29.3 Å². The lowest BCUT2D eigenvalue weighted by atomic mass is 9.98. The normalized spacial score (nSPS) is 12.3. The molecule has 0 saturated carbocycles. The average Bonchev–Trinajstić information content (AvgIpc) is 3.39. The molecule has 3 aromatic carbocycles. The van der Waals surface area contributed by atoms with Gasteiger partial charge in [0.1, 0.15) is 0 Å². The minimum absolute atomic E-state index is 0.226. The monoisotopic (exact) mass is 367 g/mol. The van der Waals surface area contributed by atoms with E-state index in [0.717, 1.165) is 33.1 Å². The number of hydrogen-bond donors (Lipinski definition) is 3. The van der Waals surface area contributed by atoms with Gasteiger partial charge in [0, 0.05) is 5.39 Å². The number of H-pyrrole nitrogens is 2. The van der Waals surface area contributed by atoms with Gasteiger partial charge in [0.2, 0.25) is 0 Å². The Kier molecular flexibility index (Phi) is 3.87. The second-order valence-corrected chi connectivity index (χ2v) is 6.61. The zero-order valence-corrected chi connectivity index (χ0v) is 14.9. The van der Waals surface area contributed by atoms with Crippen LogP contribution in [0, 0.1) is 0 Å². The largest absolute Gasteiger partial charge is 0.345 e. The summed E-state index contributed by atoms with van der Waals surface area (Å²) in [5.41, 5.74) is 5.01. The molecule has 0 bridgehead atoms. The molecular formula is C22H17N5O. The second kappa shape index (κ2) is 6.66. The van der Waals surface area contributed by atoms with Gasteiger partial charge in [0.25, 0.3) is 5.91 Å². The van der Waals surface area contributed by atoms with E-state index in [0.29, 0.717) is 5.69 Å². The highest BCUT2D eigenvalue weighted by Gasteiger charge is 2.21. The quantitative estimate of drug-likeness (QED) is 0.449. The molecule has 0 aliphatic heterocycles. The molecule has 28 heavy (non-hydrogen) atoms. The van der Waals surface area contributed by atoms with Gasteiger partial charge in [-0.15, -0.1) is 0 Å². The number of imidazole rings is 1. The molecule has 5 aromatic rings. The van der Waals surface area contributed by atoms with E-state index >= 15 is 0 Å². The van der Waals surface area contributed by atoms with Crippen LogP contribution in [0.3, 0.4) is 0 Å². The van der Waals surface area contributed by atoms with Crippen molar-refractivity contribution in [1.29, 1.82) is 0 Å². The minimum Gasteiger partial charge on any atom is -0.345 e. The van der Waals surface area contributed by atoms with Gasteiger partial charge in [-0.3, -0.25) is 9.89 Å². The highest BCUT2D eigenvalue weighted by Crippen LogP contribution is 2.25. The van der Waals surface area contributed by atoms with E-state index in [2.05, 4.69) is 25.5 Å². The first kappa shape index (κ1) is 16.3. The average molecular weight is 367 g/mol. The van der Waals surface area contributed by atoms with Crippen LogP contribution in [0.15, 0.2) is 79.1 Å². The first-order valence-electron chi connectivity index (χ1n) is 9.01. The lowest BCUT2D eigenvalue weighted by molar-refractivity contribution is 0.0939. The molecule has 6 nitrogen and oxygen atoms in total. The molecule has 2 aromatic heterocycles. The topological polar surface area (TPSA) is 86.5 Å². The van der Waals surface area contributed by atoms with E-state index in [1.807, 2.05) is 72.8 Å². The molecule has 0 fully saturated rings. The molecule has 1 atom stereocenters. The molecule has 1 amide bonds. The number of fused-ring (bicyclic) bond motifs is 2. The van der Waals surface area contributed by atoms with Crippen LogP contribution in [0.1, 0.15) is 27.7 Å². The number of aromatic nitrogens is 4. The van der Waals surface area contributed by atoms with Crippen molar-refractivity contribution in [3.05, 3.63) is 95.9 Å². The van der Waals surface area contributed by atoms with Crippen molar-refractivity contribution in [3.63, 3.8) is 0 Å². The summed E-state index contributed by atoms with van der Waals surface area (Å²) in [6.45, 7) is 0. The van der Waals surface area contributed by atoms with Crippen molar-refractivity contribution >= 4 is 27.8 Å². The van der Waals surface area contributed by atoms with Gasteiger partial charge in [-0.1, -0.05) is 54.6 Å². The van der Waals surface area contributed by atoms with Crippen molar-refractivity contribution in [2.45, 2.75) is 6.04 Å². The summed E-state index contributed by atoms with van der Waals surface area (Å²) in [6, 6.07) is 23.2. The van der Waals surface area contributed by atoms with Gasteiger partial charge in [0.15, 0.2) is 5.69 Å². The van der Waals surface area contributed by atoms with E-state index in [1.165, 1.54) is 0 Å². The Morgan fingerprint density at radius 3 is 2.61 bits per heavy atom. The van der Waals surface area contributed by atoms with Crippen LogP contribution in [0.2, 0.25) is 0 Å². The van der Waals surface area contributed by atoms with Crippen LogP contribution in [-0.2, 0) is 0 Å². The summed E-state index contributed by atoms with van der Waals surface area (Å²) in [5, 5.41) is 11.1. The third-order valence-electron chi connectivity index (χ3n) is 4.87. The van der Waals surface area contributed by atoms with E-state index in [9.17, 15) is 4.79 Å². The Balaban J connectivity index is 1.55. The Hall–Kier alpha value is -3.93. The molecular weight excluding hydrogens is 350 g/mol. The van der Waals surface area contributed by atoms with Crippen molar-refractivity contribution in [1.82, 2.24) is 25.5 Å². The minimum atomic E-state index is -0.308. The lowest BCUT2D eigenvalue weighted by Gasteiger charge is -2.19. The van der Waals surface area contributed by atoms with E-state index in [1.54, 1.807) is 6.33 Å². The Bertz CT molecular complexity index is 1270. The first-order valence-corrected chi connectivity index (χ1v) is 9.01. The molecule has 0 spiro atoms. The molecule has 5 rings (SSSR count). The number of aromatic amines is 2. The molecule has 0 saturated heterocycles. The van der Waals surface area contributed by atoms with Gasteiger partial charge < -0.3 is 10.3 Å². The summed E-state index contributed by atoms with van der Waals surface area (Å²) < 4.78 is 0. The third kappa shape index (κ3) is 2.81. The van der Waals surface area contributed by atoms with Crippen LogP contribution in [0.25, 0.3) is 21.9 Å². The zero-order valence-electron chi connectivity index (χ0n) is 14.9. The molecule has 0 aliphatic rings. The molecule has 3 N–H and O–H groups in total. The van der Waals surface area contributed by atoms with Crippen LogP contribution in [0.5, 0.6) is 0 Å². The molecule has 0 radical (unpaired) electrons. The molecule has 136 valence electrons. The number of para-hydroxylation sites is 1.